The molecule has 2 heteroatoms. The van der Waals surface area contributed by atoms with Crippen molar-refractivity contribution in [2.45, 2.75) is 20.0 Å². The lowest BCUT2D eigenvalue weighted by atomic mass is 9.97. The van der Waals surface area contributed by atoms with Gasteiger partial charge in [-0.2, -0.15) is 0 Å². The Hall–Kier alpha value is -3.52. The Morgan fingerprint density at radius 2 is 1.03 bits per heavy atom. The van der Waals surface area contributed by atoms with Crippen molar-refractivity contribution in [3.05, 3.63) is 97.1 Å². The zero-order chi connectivity index (χ0) is 20.2. The quantitative estimate of drug-likeness (QED) is 0.397. The van der Waals surface area contributed by atoms with Crippen LogP contribution in [0.5, 0.6) is 11.5 Å². The fourth-order valence-electron chi connectivity index (χ4n) is 3.43. The number of phenols is 1. The number of phenolic OH excluding ortho intramolecular Hbond substituents is 1. The fraction of sp³-hybridized carbons (Fsp3) is 0.111. The molecule has 1 N–H and O–H groups in total. The van der Waals surface area contributed by atoms with Crippen molar-refractivity contribution in [2.24, 2.45) is 0 Å². The van der Waals surface area contributed by atoms with E-state index < -0.39 is 0 Å². The summed E-state index contributed by atoms with van der Waals surface area (Å²) in [5, 5.41) is 10.6. The maximum atomic E-state index is 10.6. The summed E-state index contributed by atoms with van der Waals surface area (Å²) in [6.45, 7) is 3.90. The molecule has 0 bridgehead atoms. The molecule has 0 atom stereocenters. The molecular weight excluding hydrogens is 356 g/mol. The van der Waals surface area contributed by atoms with Crippen molar-refractivity contribution in [1.29, 1.82) is 0 Å². The molecule has 0 fully saturated rings. The number of rotatable bonds is 5. The standard InChI is InChI=1S/C27H24O2/c1-19(2)29-26-10-6-9-25(27(26)28)24-17-15-23(16-18-24)22-13-11-21(12-14-22)20-7-4-3-5-8-20/h3-19,28H,1-2H3. The molecule has 0 aliphatic carbocycles. The predicted octanol–water partition coefficient (Wildman–Crippen LogP) is 7.18. The minimum atomic E-state index is 0.0115. The summed E-state index contributed by atoms with van der Waals surface area (Å²) >= 11 is 0. The van der Waals surface area contributed by atoms with Crippen LogP contribution >= 0.6 is 0 Å². The Kier molecular flexibility index (Phi) is 5.35. The molecule has 0 unspecified atom stereocenters. The number of aromatic hydroxyl groups is 1. The molecule has 2 nitrogen and oxygen atoms in total. The highest BCUT2D eigenvalue weighted by atomic mass is 16.5. The maximum Gasteiger partial charge on any atom is 0.165 e. The Morgan fingerprint density at radius 1 is 0.552 bits per heavy atom. The molecule has 29 heavy (non-hydrogen) atoms. The van der Waals surface area contributed by atoms with Crippen LogP contribution in [0.4, 0.5) is 0 Å². The maximum absolute atomic E-state index is 10.6. The van der Waals surface area contributed by atoms with Crippen molar-refractivity contribution < 1.29 is 9.84 Å². The molecule has 4 aromatic carbocycles. The second-order valence-electron chi connectivity index (χ2n) is 7.34. The summed E-state index contributed by atoms with van der Waals surface area (Å²) in [5.41, 5.74) is 6.46. The van der Waals surface area contributed by atoms with Gasteiger partial charge in [0, 0.05) is 5.56 Å². The summed E-state index contributed by atoms with van der Waals surface area (Å²) in [6, 6.07) is 32.8. The van der Waals surface area contributed by atoms with Gasteiger partial charge < -0.3 is 9.84 Å². The third kappa shape index (κ3) is 4.17. The fourth-order valence-corrected chi connectivity index (χ4v) is 3.43. The van der Waals surface area contributed by atoms with E-state index in [0.717, 1.165) is 22.3 Å². The van der Waals surface area contributed by atoms with Crippen molar-refractivity contribution in [3.63, 3.8) is 0 Å². The van der Waals surface area contributed by atoms with Crippen molar-refractivity contribution in [2.75, 3.05) is 0 Å². The van der Waals surface area contributed by atoms with Crippen molar-refractivity contribution in [3.8, 4) is 44.9 Å². The average molecular weight is 380 g/mol. The van der Waals surface area contributed by atoms with E-state index in [1.165, 1.54) is 11.1 Å². The van der Waals surface area contributed by atoms with Gasteiger partial charge in [0.2, 0.25) is 0 Å². The number of ether oxygens (including phenoxy) is 1. The van der Waals surface area contributed by atoms with Gasteiger partial charge in [-0.3, -0.25) is 0 Å². The van der Waals surface area contributed by atoms with Gasteiger partial charge in [0.25, 0.3) is 0 Å². The largest absolute Gasteiger partial charge is 0.504 e. The number of hydrogen-bond acceptors (Lipinski definition) is 2. The highest BCUT2D eigenvalue weighted by Gasteiger charge is 2.11. The molecule has 0 aromatic heterocycles. The molecule has 0 amide bonds. The number of hydrogen-bond donors (Lipinski definition) is 1. The highest BCUT2D eigenvalue weighted by Crippen LogP contribution is 2.38. The summed E-state index contributed by atoms with van der Waals surface area (Å²) in [4.78, 5) is 0. The predicted molar refractivity (Wildman–Crippen MR) is 120 cm³/mol. The summed E-state index contributed by atoms with van der Waals surface area (Å²) < 4.78 is 5.70. The Labute approximate surface area is 172 Å². The van der Waals surface area contributed by atoms with E-state index in [0.29, 0.717) is 5.75 Å². The molecule has 0 saturated heterocycles. The van der Waals surface area contributed by atoms with Crippen LogP contribution in [0.15, 0.2) is 97.1 Å². The van der Waals surface area contributed by atoms with Gasteiger partial charge in [-0.05, 0) is 47.7 Å². The first-order valence-corrected chi connectivity index (χ1v) is 9.87. The lowest BCUT2D eigenvalue weighted by Crippen LogP contribution is -2.05. The van der Waals surface area contributed by atoms with Crippen LogP contribution in [0.1, 0.15) is 13.8 Å². The summed E-state index contributed by atoms with van der Waals surface area (Å²) in [5.74, 6) is 0.694. The van der Waals surface area contributed by atoms with Crippen LogP contribution in [-0.2, 0) is 0 Å². The van der Waals surface area contributed by atoms with Crippen LogP contribution in [-0.4, -0.2) is 11.2 Å². The molecule has 4 aromatic rings. The van der Waals surface area contributed by atoms with Gasteiger partial charge in [-0.25, -0.2) is 0 Å². The van der Waals surface area contributed by atoms with Gasteiger partial charge in [0.05, 0.1) is 6.10 Å². The first-order valence-electron chi connectivity index (χ1n) is 9.87. The molecule has 0 aliphatic rings. The molecule has 0 heterocycles. The van der Waals surface area contributed by atoms with Gasteiger partial charge in [0.1, 0.15) is 0 Å². The lowest BCUT2D eigenvalue weighted by molar-refractivity contribution is 0.232. The topological polar surface area (TPSA) is 29.5 Å². The van der Waals surface area contributed by atoms with Crippen LogP contribution < -0.4 is 4.74 Å². The van der Waals surface area contributed by atoms with E-state index in [1.54, 1.807) is 6.07 Å². The molecule has 0 aliphatic heterocycles. The zero-order valence-electron chi connectivity index (χ0n) is 16.7. The van der Waals surface area contributed by atoms with Crippen LogP contribution in [0, 0.1) is 0 Å². The minimum Gasteiger partial charge on any atom is -0.504 e. The van der Waals surface area contributed by atoms with E-state index in [2.05, 4.69) is 60.7 Å². The van der Waals surface area contributed by atoms with E-state index in [9.17, 15) is 5.11 Å². The summed E-state index contributed by atoms with van der Waals surface area (Å²) in [7, 11) is 0. The second-order valence-corrected chi connectivity index (χ2v) is 7.34. The third-order valence-corrected chi connectivity index (χ3v) is 4.88. The Bertz CT molecular complexity index is 1080. The van der Waals surface area contributed by atoms with Gasteiger partial charge in [0.15, 0.2) is 11.5 Å². The molecule has 4 rings (SSSR count). The van der Waals surface area contributed by atoms with Crippen LogP contribution in [0.2, 0.25) is 0 Å². The Balaban J connectivity index is 1.59. The lowest BCUT2D eigenvalue weighted by Gasteiger charge is -2.14. The molecule has 0 radical (unpaired) electrons. The smallest absolute Gasteiger partial charge is 0.165 e. The van der Waals surface area contributed by atoms with E-state index in [-0.39, 0.29) is 11.9 Å². The van der Waals surface area contributed by atoms with E-state index in [1.807, 2.05) is 44.2 Å². The normalized spacial score (nSPS) is 10.9. The van der Waals surface area contributed by atoms with Crippen molar-refractivity contribution in [1.82, 2.24) is 0 Å². The van der Waals surface area contributed by atoms with Crippen molar-refractivity contribution >= 4 is 0 Å². The van der Waals surface area contributed by atoms with Gasteiger partial charge in [-0.15, -0.1) is 0 Å². The number of para-hydroxylation sites is 1. The SMILES string of the molecule is CC(C)Oc1cccc(-c2ccc(-c3ccc(-c4ccccc4)cc3)cc2)c1O. The second kappa shape index (κ2) is 8.24. The van der Waals surface area contributed by atoms with Crippen LogP contribution in [0.25, 0.3) is 33.4 Å². The first-order chi connectivity index (χ1) is 14.1. The first kappa shape index (κ1) is 18.8. The molecule has 0 saturated carbocycles. The Morgan fingerprint density at radius 3 is 1.55 bits per heavy atom. The highest BCUT2D eigenvalue weighted by molar-refractivity contribution is 5.77. The van der Waals surface area contributed by atoms with Crippen LogP contribution in [0.3, 0.4) is 0 Å². The van der Waals surface area contributed by atoms with E-state index in [4.69, 9.17) is 4.74 Å². The van der Waals surface area contributed by atoms with Gasteiger partial charge in [-0.1, -0.05) is 91.0 Å². The minimum absolute atomic E-state index is 0.0115. The average Bonchev–Trinajstić information content (AvgIpc) is 2.76. The van der Waals surface area contributed by atoms with E-state index >= 15 is 0 Å². The molecule has 144 valence electrons. The van der Waals surface area contributed by atoms with Gasteiger partial charge >= 0.3 is 0 Å². The third-order valence-electron chi connectivity index (χ3n) is 4.88. The number of benzene rings is 4. The summed E-state index contributed by atoms with van der Waals surface area (Å²) in [6.07, 6.45) is 0.0115. The zero-order valence-corrected chi connectivity index (χ0v) is 16.7. The molecule has 0 spiro atoms. The monoisotopic (exact) mass is 380 g/mol. The molecular formula is C27H24O2.